The summed E-state index contributed by atoms with van der Waals surface area (Å²) >= 11 is 0. The van der Waals surface area contributed by atoms with Crippen LogP contribution in [-0.4, -0.2) is 24.5 Å². The molecule has 0 aromatic heterocycles. The van der Waals surface area contributed by atoms with Crippen LogP contribution < -0.4 is 15.4 Å². The fraction of sp³-hybridized carbons (Fsp3) is 0.222. The molecule has 2 N–H and O–H groups in total. The van der Waals surface area contributed by atoms with Crippen molar-refractivity contribution >= 4 is 17.5 Å². The summed E-state index contributed by atoms with van der Waals surface area (Å²) in [6, 6.07) is 16.0. The zero-order valence-electron chi connectivity index (χ0n) is 13.2. The standard InChI is InChI=1S/C18H20N2O3/c1-13(2)19-18(22)14-7-6-8-15(11-14)20-17(21)12-23-16-9-4-3-5-10-16/h3-11,13H,12H2,1-2H3,(H,19,22)(H,20,21). The Labute approximate surface area is 135 Å². The van der Waals surface area contributed by atoms with Gasteiger partial charge in [0, 0.05) is 17.3 Å². The lowest BCUT2D eigenvalue weighted by atomic mass is 10.2. The van der Waals surface area contributed by atoms with Crippen molar-refractivity contribution < 1.29 is 14.3 Å². The van der Waals surface area contributed by atoms with Gasteiger partial charge in [-0.2, -0.15) is 0 Å². The molecule has 0 saturated heterocycles. The quantitative estimate of drug-likeness (QED) is 0.862. The lowest BCUT2D eigenvalue weighted by Gasteiger charge is -2.10. The molecule has 0 unspecified atom stereocenters. The van der Waals surface area contributed by atoms with Gasteiger partial charge in [-0.3, -0.25) is 9.59 Å². The van der Waals surface area contributed by atoms with Gasteiger partial charge in [-0.1, -0.05) is 24.3 Å². The molecule has 2 aromatic rings. The third-order valence-electron chi connectivity index (χ3n) is 2.94. The van der Waals surface area contributed by atoms with E-state index in [0.29, 0.717) is 17.0 Å². The maximum absolute atomic E-state index is 12.0. The zero-order valence-corrected chi connectivity index (χ0v) is 13.2. The Hall–Kier alpha value is -2.82. The lowest BCUT2D eigenvalue weighted by Crippen LogP contribution is -2.30. The van der Waals surface area contributed by atoms with Gasteiger partial charge in [0.05, 0.1) is 0 Å². The molecule has 0 aliphatic heterocycles. The molecule has 2 aromatic carbocycles. The monoisotopic (exact) mass is 312 g/mol. The molecule has 0 saturated carbocycles. The average molecular weight is 312 g/mol. The fourth-order valence-electron chi connectivity index (χ4n) is 1.95. The maximum atomic E-state index is 12.0. The highest BCUT2D eigenvalue weighted by molar-refractivity contribution is 5.97. The van der Waals surface area contributed by atoms with Gasteiger partial charge in [0.2, 0.25) is 0 Å². The van der Waals surface area contributed by atoms with E-state index in [0.717, 1.165) is 0 Å². The van der Waals surface area contributed by atoms with E-state index in [1.165, 1.54) is 0 Å². The second-order valence-corrected chi connectivity index (χ2v) is 5.36. The molecule has 0 heterocycles. The first-order valence-corrected chi connectivity index (χ1v) is 7.43. The molecule has 0 fully saturated rings. The van der Waals surface area contributed by atoms with E-state index in [2.05, 4.69) is 10.6 Å². The van der Waals surface area contributed by atoms with Crippen molar-refractivity contribution in [2.75, 3.05) is 11.9 Å². The van der Waals surface area contributed by atoms with Crippen LogP contribution in [0.25, 0.3) is 0 Å². The van der Waals surface area contributed by atoms with Gasteiger partial charge in [0.15, 0.2) is 6.61 Å². The lowest BCUT2D eigenvalue weighted by molar-refractivity contribution is -0.118. The van der Waals surface area contributed by atoms with Gasteiger partial charge < -0.3 is 15.4 Å². The van der Waals surface area contributed by atoms with Crippen LogP contribution in [0.4, 0.5) is 5.69 Å². The van der Waals surface area contributed by atoms with E-state index >= 15 is 0 Å². The molecule has 0 aliphatic rings. The summed E-state index contributed by atoms with van der Waals surface area (Å²) in [6.45, 7) is 3.70. The Kier molecular flexibility index (Phi) is 5.74. The highest BCUT2D eigenvalue weighted by atomic mass is 16.5. The summed E-state index contributed by atoms with van der Waals surface area (Å²) in [5.74, 6) is 0.180. The van der Waals surface area contributed by atoms with E-state index in [9.17, 15) is 9.59 Å². The number of rotatable bonds is 6. The first kappa shape index (κ1) is 16.5. The number of ether oxygens (including phenoxy) is 1. The number of anilines is 1. The summed E-state index contributed by atoms with van der Waals surface area (Å²) in [5, 5.41) is 5.53. The minimum absolute atomic E-state index is 0.0556. The van der Waals surface area contributed by atoms with Crippen LogP contribution in [0.2, 0.25) is 0 Å². The van der Waals surface area contributed by atoms with Crippen molar-refractivity contribution in [3.05, 3.63) is 60.2 Å². The van der Waals surface area contributed by atoms with E-state index in [4.69, 9.17) is 4.74 Å². The highest BCUT2D eigenvalue weighted by Crippen LogP contribution is 2.12. The molecule has 0 bridgehead atoms. The Morgan fingerprint density at radius 2 is 1.78 bits per heavy atom. The van der Waals surface area contributed by atoms with Crippen LogP contribution in [0.15, 0.2) is 54.6 Å². The summed E-state index contributed by atoms with van der Waals surface area (Å²) in [6.07, 6.45) is 0. The molecule has 5 heteroatoms. The number of hydrogen-bond acceptors (Lipinski definition) is 3. The number of para-hydroxylation sites is 1. The van der Waals surface area contributed by atoms with Gasteiger partial charge in [-0.05, 0) is 44.2 Å². The number of hydrogen-bond donors (Lipinski definition) is 2. The zero-order chi connectivity index (χ0) is 16.7. The van der Waals surface area contributed by atoms with E-state index in [-0.39, 0.29) is 24.5 Å². The fourth-order valence-corrected chi connectivity index (χ4v) is 1.95. The van der Waals surface area contributed by atoms with Gasteiger partial charge in [-0.15, -0.1) is 0 Å². The first-order valence-electron chi connectivity index (χ1n) is 7.43. The predicted octanol–water partition coefficient (Wildman–Crippen LogP) is 2.84. The van der Waals surface area contributed by atoms with Crippen LogP contribution in [0.1, 0.15) is 24.2 Å². The van der Waals surface area contributed by atoms with Gasteiger partial charge in [0.25, 0.3) is 11.8 Å². The van der Waals surface area contributed by atoms with Gasteiger partial charge in [0.1, 0.15) is 5.75 Å². The van der Waals surface area contributed by atoms with Crippen LogP contribution in [0.3, 0.4) is 0 Å². The van der Waals surface area contributed by atoms with Gasteiger partial charge in [-0.25, -0.2) is 0 Å². The van der Waals surface area contributed by atoms with Crippen molar-refractivity contribution in [3.63, 3.8) is 0 Å². The van der Waals surface area contributed by atoms with Crippen molar-refractivity contribution in [2.24, 2.45) is 0 Å². The highest BCUT2D eigenvalue weighted by Gasteiger charge is 2.09. The van der Waals surface area contributed by atoms with Crippen molar-refractivity contribution in [1.29, 1.82) is 0 Å². The largest absolute Gasteiger partial charge is 0.484 e. The molecule has 0 radical (unpaired) electrons. The minimum atomic E-state index is -0.282. The Bertz CT molecular complexity index is 669. The second kappa shape index (κ2) is 7.98. The molecule has 0 atom stereocenters. The molecular weight excluding hydrogens is 292 g/mol. The minimum Gasteiger partial charge on any atom is -0.484 e. The second-order valence-electron chi connectivity index (χ2n) is 5.36. The maximum Gasteiger partial charge on any atom is 0.262 e. The molecule has 120 valence electrons. The van der Waals surface area contributed by atoms with Crippen molar-refractivity contribution in [2.45, 2.75) is 19.9 Å². The number of amides is 2. The molecule has 0 spiro atoms. The van der Waals surface area contributed by atoms with Crippen molar-refractivity contribution in [3.8, 4) is 5.75 Å². The number of carbonyl (C=O) groups is 2. The normalized spacial score (nSPS) is 10.2. The molecule has 2 amide bonds. The summed E-state index contributed by atoms with van der Waals surface area (Å²) in [5.41, 5.74) is 1.06. The van der Waals surface area contributed by atoms with Crippen LogP contribution in [0.5, 0.6) is 5.75 Å². The van der Waals surface area contributed by atoms with E-state index < -0.39 is 0 Å². The van der Waals surface area contributed by atoms with Crippen LogP contribution in [0, 0.1) is 0 Å². The molecule has 5 nitrogen and oxygen atoms in total. The third-order valence-corrected chi connectivity index (χ3v) is 2.94. The van der Waals surface area contributed by atoms with E-state index in [1.807, 2.05) is 32.0 Å². The first-order chi connectivity index (χ1) is 11.0. The van der Waals surface area contributed by atoms with Crippen LogP contribution in [-0.2, 0) is 4.79 Å². The number of nitrogens with one attached hydrogen (secondary N) is 2. The average Bonchev–Trinajstić information content (AvgIpc) is 2.53. The van der Waals surface area contributed by atoms with E-state index in [1.54, 1.807) is 36.4 Å². The topological polar surface area (TPSA) is 67.4 Å². The third kappa shape index (κ3) is 5.47. The Morgan fingerprint density at radius 3 is 2.48 bits per heavy atom. The summed E-state index contributed by atoms with van der Waals surface area (Å²) < 4.78 is 5.38. The van der Waals surface area contributed by atoms with Crippen LogP contribution >= 0.6 is 0 Å². The molecule has 0 aliphatic carbocycles. The number of carbonyl (C=O) groups excluding carboxylic acids is 2. The Balaban J connectivity index is 1.92. The summed E-state index contributed by atoms with van der Waals surface area (Å²) in [4.78, 5) is 23.9. The summed E-state index contributed by atoms with van der Waals surface area (Å²) in [7, 11) is 0. The Morgan fingerprint density at radius 1 is 1.04 bits per heavy atom. The SMILES string of the molecule is CC(C)NC(=O)c1cccc(NC(=O)COc2ccccc2)c1. The predicted molar refractivity (Wildman–Crippen MR) is 89.6 cm³/mol. The molecule has 2 rings (SSSR count). The van der Waals surface area contributed by atoms with Gasteiger partial charge >= 0.3 is 0 Å². The van der Waals surface area contributed by atoms with Crippen molar-refractivity contribution in [1.82, 2.24) is 5.32 Å². The number of benzene rings is 2. The molecular formula is C18H20N2O3. The smallest absolute Gasteiger partial charge is 0.262 e. The molecule has 23 heavy (non-hydrogen) atoms.